The van der Waals surface area contributed by atoms with Crippen LogP contribution in [0.3, 0.4) is 0 Å². The number of quaternary nitrogens is 1. The Morgan fingerprint density at radius 1 is 1.06 bits per heavy atom. The highest BCUT2D eigenvalue weighted by atomic mass is 31.2. The van der Waals surface area contributed by atoms with Crippen molar-refractivity contribution in [3.63, 3.8) is 0 Å². The minimum Gasteiger partial charge on any atom is -0.756 e. The molecule has 0 saturated carbocycles. The fraction of sp³-hybridized carbons (Fsp3) is 0.640. The lowest BCUT2D eigenvalue weighted by Crippen LogP contribution is -2.52. The summed E-state index contributed by atoms with van der Waals surface area (Å²) >= 11 is 0. The van der Waals surface area contributed by atoms with Gasteiger partial charge in [0.1, 0.15) is 12.7 Å². The van der Waals surface area contributed by atoms with E-state index in [0.29, 0.717) is 19.3 Å². The van der Waals surface area contributed by atoms with Crippen LogP contribution in [0.15, 0.2) is 48.6 Å². The largest absolute Gasteiger partial charge is 0.756 e. The number of esters is 1. The minimum atomic E-state index is -4.51. The van der Waals surface area contributed by atoms with Crippen molar-refractivity contribution in [2.75, 3.05) is 26.4 Å². The molecule has 0 spiro atoms. The Balaban J connectivity index is 3.93. The van der Waals surface area contributed by atoms with Crippen molar-refractivity contribution in [1.29, 1.82) is 0 Å². The molecule has 0 saturated heterocycles. The molecule has 0 aromatic heterocycles. The number of ether oxygens (including phenoxy) is 1. The maximum Gasteiger partial charge on any atom is 0.306 e. The van der Waals surface area contributed by atoms with Gasteiger partial charge in [0.25, 0.3) is 7.82 Å². The van der Waals surface area contributed by atoms with Crippen LogP contribution < -0.4 is 10.6 Å². The lowest BCUT2D eigenvalue weighted by molar-refractivity contribution is -0.373. The third kappa shape index (κ3) is 22.6. The fourth-order valence-electron chi connectivity index (χ4n) is 2.70. The Labute approximate surface area is 210 Å². The van der Waals surface area contributed by atoms with Crippen LogP contribution in [0.5, 0.6) is 0 Å². The molecule has 9 nitrogen and oxygen atoms in total. The molecule has 0 aliphatic rings. The van der Waals surface area contributed by atoms with Gasteiger partial charge in [-0.1, -0.05) is 68.4 Å². The van der Waals surface area contributed by atoms with Gasteiger partial charge in [0.15, 0.2) is 0 Å². The number of unbranched alkanes of at least 4 members (excludes halogenated alkanes) is 4. The van der Waals surface area contributed by atoms with Crippen molar-refractivity contribution in [2.24, 2.45) is 0 Å². The standard InChI is InChI=1S/C25H44NO8P/c1-2-3-4-5-7-10-13-16-23(28)17-14-11-8-6-9-12-15-18-25(29)34-24(21-27)22-33-35(30,31)32-20-19-26/h6-7,9-11,13-14,16,23-24,27-28H,2-5,8,12,15,17-22,26H2,1H3,(H,30,31)/b9-6-,10-7-,14-11-,16-13+/t23-,24+/m0/s1. The van der Waals surface area contributed by atoms with Crippen molar-refractivity contribution < 1.29 is 44.0 Å². The second kappa shape index (κ2) is 22.9. The van der Waals surface area contributed by atoms with Gasteiger partial charge in [0.2, 0.25) is 0 Å². The molecule has 0 rings (SSSR count). The average Bonchev–Trinajstić information content (AvgIpc) is 2.83. The SMILES string of the molecule is CCCCC/C=C\C=C\[C@H](O)C/C=C\C/C=C\CCCC(=O)O[C@H](CO)COP(=O)([O-])OCC[NH3+]. The molecule has 0 aliphatic carbocycles. The van der Waals surface area contributed by atoms with Crippen LogP contribution in [0.25, 0.3) is 0 Å². The third-order valence-electron chi connectivity index (χ3n) is 4.60. The summed E-state index contributed by atoms with van der Waals surface area (Å²) in [5.41, 5.74) is 3.45. The van der Waals surface area contributed by atoms with E-state index in [2.05, 4.69) is 27.8 Å². The number of rotatable bonds is 22. The van der Waals surface area contributed by atoms with Crippen LogP contribution in [0.2, 0.25) is 0 Å². The highest BCUT2D eigenvalue weighted by Crippen LogP contribution is 2.37. The minimum absolute atomic E-state index is 0.107. The van der Waals surface area contributed by atoms with Crippen molar-refractivity contribution in [2.45, 2.75) is 76.9 Å². The van der Waals surface area contributed by atoms with Crippen LogP contribution >= 0.6 is 7.82 Å². The predicted molar refractivity (Wildman–Crippen MR) is 134 cm³/mol. The molecule has 5 N–H and O–H groups in total. The van der Waals surface area contributed by atoms with E-state index in [1.807, 2.05) is 36.5 Å². The number of hydrogen-bond acceptors (Lipinski definition) is 8. The van der Waals surface area contributed by atoms with Crippen molar-refractivity contribution in [3.8, 4) is 0 Å². The van der Waals surface area contributed by atoms with Gasteiger partial charge in [-0.25, -0.2) is 0 Å². The Hall–Kier alpha value is -1.58. The molecule has 35 heavy (non-hydrogen) atoms. The van der Waals surface area contributed by atoms with Gasteiger partial charge in [-0.05, 0) is 38.5 Å². The highest BCUT2D eigenvalue weighted by molar-refractivity contribution is 7.45. The summed E-state index contributed by atoms with van der Waals surface area (Å²) in [4.78, 5) is 23.3. The Bertz CT molecular complexity index is 693. The van der Waals surface area contributed by atoms with Gasteiger partial charge in [-0.3, -0.25) is 9.36 Å². The number of phosphoric ester groups is 1. The fourth-order valence-corrected chi connectivity index (χ4v) is 3.48. The van der Waals surface area contributed by atoms with Crippen LogP contribution in [0.1, 0.15) is 64.7 Å². The van der Waals surface area contributed by atoms with E-state index >= 15 is 0 Å². The predicted octanol–water partition coefficient (Wildman–Crippen LogP) is 2.75. The Kier molecular flexibility index (Phi) is 21.8. The summed E-state index contributed by atoms with van der Waals surface area (Å²) in [6.45, 7) is 1.27. The number of aliphatic hydroxyl groups is 2. The van der Waals surface area contributed by atoms with Crippen molar-refractivity contribution in [1.82, 2.24) is 0 Å². The molecule has 0 fully saturated rings. The van der Waals surface area contributed by atoms with Crippen LogP contribution in [0, 0.1) is 0 Å². The monoisotopic (exact) mass is 517 g/mol. The molecule has 0 amide bonds. The number of aliphatic hydroxyl groups excluding tert-OH is 2. The number of hydrogen-bond donors (Lipinski definition) is 3. The van der Waals surface area contributed by atoms with Crippen molar-refractivity contribution >= 4 is 13.8 Å². The first-order chi connectivity index (χ1) is 16.8. The van der Waals surface area contributed by atoms with E-state index in [0.717, 1.165) is 12.8 Å². The maximum absolute atomic E-state index is 11.9. The zero-order valence-electron chi connectivity index (χ0n) is 21.0. The zero-order chi connectivity index (χ0) is 26.2. The number of allylic oxidation sites excluding steroid dienone is 6. The second-order valence-electron chi connectivity index (χ2n) is 7.91. The maximum atomic E-state index is 11.9. The number of carbonyl (C=O) groups is 1. The molecule has 1 unspecified atom stereocenters. The molecule has 202 valence electrons. The average molecular weight is 518 g/mol. The lowest BCUT2D eigenvalue weighted by atomic mass is 10.2. The normalized spacial score (nSPS) is 15.9. The summed E-state index contributed by atoms with van der Waals surface area (Å²) in [7, 11) is -4.51. The van der Waals surface area contributed by atoms with Crippen LogP contribution in [-0.4, -0.2) is 54.8 Å². The molecule has 10 heteroatoms. The topological polar surface area (TPSA) is 153 Å². The van der Waals surface area contributed by atoms with E-state index < -0.39 is 39.2 Å². The van der Waals surface area contributed by atoms with Crippen LogP contribution in [-0.2, 0) is 23.1 Å². The number of phosphoric acid groups is 1. The molecule has 3 atom stereocenters. The second-order valence-corrected chi connectivity index (χ2v) is 9.32. The molecule has 0 aromatic carbocycles. The molecule has 0 radical (unpaired) electrons. The Morgan fingerprint density at radius 3 is 2.51 bits per heavy atom. The van der Waals surface area contributed by atoms with Gasteiger partial charge in [0, 0.05) is 6.42 Å². The zero-order valence-corrected chi connectivity index (χ0v) is 21.9. The molecule has 0 aromatic rings. The smallest absolute Gasteiger partial charge is 0.306 e. The van der Waals surface area contributed by atoms with E-state index in [-0.39, 0.29) is 19.6 Å². The summed E-state index contributed by atoms with van der Waals surface area (Å²) < 4.78 is 25.6. The summed E-state index contributed by atoms with van der Waals surface area (Å²) in [6, 6.07) is 0. The van der Waals surface area contributed by atoms with Gasteiger partial charge < -0.3 is 34.6 Å². The van der Waals surface area contributed by atoms with E-state index in [4.69, 9.17) is 4.74 Å². The van der Waals surface area contributed by atoms with E-state index in [1.165, 1.54) is 19.3 Å². The quantitative estimate of drug-likeness (QED) is 0.0651. The van der Waals surface area contributed by atoms with Gasteiger partial charge in [0.05, 0.1) is 25.9 Å². The highest BCUT2D eigenvalue weighted by Gasteiger charge is 2.18. The van der Waals surface area contributed by atoms with Crippen LogP contribution in [0.4, 0.5) is 0 Å². The third-order valence-corrected chi connectivity index (χ3v) is 5.57. The molecule has 0 bridgehead atoms. The molecule has 0 aliphatic heterocycles. The summed E-state index contributed by atoms with van der Waals surface area (Å²) in [5, 5.41) is 19.2. The van der Waals surface area contributed by atoms with Crippen molar-refractivity contribution in [3.05, 3.63) is 48.6 Å². The first kappa shape index (κ1) is 33.4. The van der Waals surface area contributed by atoms with Gasteiger partial charge >= 0.3 is 5.97 Å². The Morgan fingerprint density at radius 2 is 1.80 bits per heavy atom. The molecule has 0 heterocycles. The summed E-state index contributed by atoms with van der Waals surface area (Å²) in [5.74, 6) is -0.543. The van der Waals surface area contributed by atoms with E-state index in [9.17, 15) is 24.5 Å². The number of carbonyl (C=O) groups excluding carboxylic acids is 1. The first-order valence-electron chi connectivity index (χ1n) is 12.4. The summed E-state index contributed by atoms with van der Waals surface area (Å²) in [6.07, 6.45) is 21.4. The van der Waals surface area contributed by atoms with Gasteiger partial charge in [-0.15, -0.1) is 0 Å². The first-order valence-corrected chi connectivity index (χ1v) is 13.8. The van der Waals surface area contributed by atoms with Gasteiger partial charge in [-0.2, -0.15) is 0 Å². The lowest BCUT2D eigenvalue weighted by Gasteiger charge is -2.24. The van der Waals surface area contributed by atoms with E-state index in [1.54, 1.807) is 6.08 Å². The molecular weight excluding hydrogens is 473 g/mol. The molecular formula is C25H44NO8P.